The molecule has 0 saturated heterocycles. The van der Waals surface area contributed by atoms with Crippen LogP contribution in [-0.4, -0.2) is 30.6 Å². The lowest BCUT2D eigenvalue weighted by atomic mass is 10.1. The molecule has 5 nitrogen and oxygen atoms in total. The maximum absolute atomic E-state index is 12.2. The molecular weight excluding hydrogens is 314 g/mol. The second-order valence-electron chi connectivity index (χ2n) is 6.38. The van der Waals surface area contributed by atoms with E-state index in [1.165, 1.54) is 12.8 Å². The van der Waals surface area contributed by atoms with E-state index >= 15 is 0 Å². The largest absolute Gasteiger partial charge is 0.496 e. The van der Waals surface area contributed by atoms with Crippen LogP contribution in [0.3, 0.4) is 0 Å². The lowest BCUT2D eigenvalue weighted by Gasteiger charge is -2.12. The highest BCUT2D eigenvalue weighted by Gasteiger charge is 2.18. The summed E-state index contributed by atoms with van der Waals surface area (Å²) in [4.78, 5) is 16.5. The number of methoxy groups -OCH3 is 1. The molecule has 5 heteroatoms. The van der Waals surface area contributed by atoms with Gasteiger partial charge in [0, 0.05) is 18.8 Å². The molecule has 1 aromatic carbocycles. The van der Waals surface area contributed by atoms with Gasteiger partial charge in [-0.05, 0) is 43.0 Å². The van der Waals surface area contributed by atoms with E-state index in [1.54, 1.807) is 13.3 Å². The second-order valence-corrected chi connectivity index (χ2v) is 6.38. The molecule has 0 radical (unpaired) electrons. The Bertz CT molecular complexity index is 694. The van der Waals surface area contributed by atoms with Gasteiger partial charge in [0.15, 0.2) is 0 Å². The van der Waals surface area contributed by atoms with Crippen LogP contribution in [-0.2, 0) is 6.42 Å². The topological polar surface area (TPSA) is 63.2 Å². The number of aromatic nitrogens is 1. The van der Waals surface area contributed by atoms with Crippen LogP contribution >= 0.6 is 0 Å². The van der Waals surface area contributed by atoms with Gasteiger partial charge >= 0.3 is 0 Å². The predicted molar refractivity (Wildman–Crippen MR) is 99.1 cm³/mol. The average Bonchev–Trinajstić information content (AvgIpc) is 3.15. The Balaban J connectivity index is 1.49. The number of pyridine rings is 1. The summed E-state index contributed by atoms with van der Waals surface area (Å²) in [6.45, 7) is 0.751. The van der Waals surface area contributed by atoms with Crippen molar-refractivity contribution in [1.82, 2.24) is 10.3 Å². The number of carbonyl (C=O) groups is 1. The molecule has 0 bridgehead atoms. The molecular formula is C20H25N3O2. The summed E-state index contributed by atoms with van der Waals surface area (Å²) in [6, 6.07) is 12.0. The summed E-state index contributed by atoms with van der Waals surface area (Å²) < 4.78 is 5.36. The maximum atomic E-state index is 12.2. The first kappa shape index (κ1) is 17.3. The average molecular weight is 339 g/mol. The molecule has 3 rings (SSSR count). The van der Waals surface area contributed by atoms with Crippen LogP contribution in [0.2, 0.25) is 0 Å². The maximum Gasteiger partial charge on any atom is 0.253 e. The number of nitrogens with zero attached hydrogens (tertiary/aromatic N) is 1. The van der Waals surface area contributed by atoms with Crippen LogP contribution in [0.4, 0.5) is 5.82 Å². The number of carbonyl (C=O) groups excluding carboxylic acids is 1. The van der Waals surface area contributed by atoms with E-state index < -0.39 is 0 Å². The van der Waals surface area contributed by atoms with Gasteiger partial charge in [-0.2, -0.15) is 0 Å². The normalized spacial score (nSPS) is 14.3. The zero-order chi connectivity index (χ0) is 17.5. The molecule has 0 unspecified atom stereocenters. The third-order valence-electron chi connectivity index (χ3n) is 4.61. The summed E-state index contributed by atoms with van der Waals surface area (Å²) in [5.74, 6) is 1.64. The van der Waals surface area contributed by atoms with Gasteiger partial charge in [0.2, 0.25) is 0 Å². The van der Waals surface area contributed by atoms with Gasteiger partial charge in [-0.15, -0.1) is 0 Å². The summed E-state index contributed by atoms with van der Waals surface area (Å²) in [5.41, 5.74) is 1.77. The molecule has 1 amide bonds. The molecule has 1 aliphatic carbocycles. The Morgan fingerprint density at radius 2 is 2.00 bits per heavy atom. The Morgan fingerprint density at radius 1 is 1.20 bits per heavy atom. The molecule has 2 aromatic rings. The zero-order valence-electron chi connectivity index (χ0n) is 14.6. The standard InChI is InChI=1S/C20H25N3O2/c1-25-18-9-5-2-6-15(18)12-13-21-19-11-10-16(14-22-19)20(24)23-17-7-3-4-8-17/h2,5-6,9-11,14,17H,3-4,7-8,12-13H2,1H3,(H,21,22)(H,23,24). The highest BCUT2D eigenvalue weighted by atomic mass is 16.5. The van der Waals surface area contributed by atoms with Crippen LogP contribution in [0.15, 0.2) is 42.6 Å². The fourth-order valence-corrected chi connectivity index (χ4v) is 3.21. The van der Waals surface area contributed by atoms with Crippen molar-refractivity contribution in [1.29, 1.82) is 0 Å². The van der Waals surface area contributed by atoms with Crippen molar-refractivity contribution in [2.75, 3.05) is 19.0 Å². The Morgan fingerprint density at radius 3 is 2.72 bits per heavy atom. The third kappa shape index (κ3) is 4.72. The van der Waals surface area contributed by atoms with E-state index in [0.29, 0.717) is 11.6 Å². The molecule has 25 heavy (non-hydrogen) atoms. The predicted octanol–water partition coefficient (Wildman–Crippen LogP) is 3.42. The number of rotatable bonds is 7. The Kier molecular flexibility index (Phi) is 5.88. The van der Waals surface area contributed by atoms with E-state index in [2.05, 4.69) is 21.7 Å². The first-order chi connectivity index (χ1) is 12.3. The first-order valence-electron chi connectivity index (χ1n) is 8.89. The minimum absolute atomic E-state index is 0.0278. The molecule has 132 valence electrons. The lowest BCUT2D eigenvalue weighted by Crippen LogP contribution is -2.32. The van der Waals surface area contributed by atoms with Crippen molar-refractivity contribution < 1.29 is 9.53 Å². The SMILES string of the molecule is COc1ccccc1CCNc1ccc(C(=O)NC2CCCC2)cn1. The molecule has 1 aromatic heterocycles. The number of hydrogen-bond donors (Lipinski definition) is 2. The Hall–Kier alpha value is -2.56. The number of para-hydroxylation sites is 1. The molecule has 2 N–H and O–H groups in total. The van der Waals surface area contributed by atoms with Gasteiger partial charge in [0.25, 0.3) is 5.91 Å². The van der Waals surface area contributed by atoms with Crippen LogP contribution in [0.1, 0.15) is 41.6 Å². The summed E-state index contributed by atoms with van der Waals surface area (Å²) in [5, 5.41) is 6.36. The first-order valence-corrected chi connectivity index (χ1v) is 8.89. The van der Waals surface area contributed by atoms with Crippen LogP contribution < -0.4 is 15.4 Å². The van der Waals surface area contributed by atoms with Crippen LogP contribution in [0.25, 0.3) is 0 Å². The summed E-state index contributed by atoms with van der Waals surface area (Å²) in [6.07, 6.45) is 7.06. The van der Waals surface area contributed by atoms with Gasteiger partial charge in [-0.3, -0.25) is 4.79 Å². The fraction of sp³-hybridized carbons (Fsp3) is 0.400. The van der Waals surface area contributed by atoms with E-state index in [0.717, 1.165) is 42.9 Å². The monoisotopic (exact) mass is 339 g/mol. The number of benzene rings is 1. The van der Waals surface area contributed by atoms with E-state index in [4.69, 9.17) is 4.74 Å². The van der Waals surface area contributed by atoms with Crippen molar-refractivity contribution >= 4 is 11.7 Å². The molecule has 0 spiro atoms. The number of nitrogens with one attached hydrogen (secondary N) is 2. The molecule has 0 atom stereocenters. The molecule has 1 aliphatic rings. The van der Waals surface area contributed by atoms with Crippen LogP contribution in [0.5, 0.6) is 5.75 Å². The van der Waals surface area contributed by atoms with E-state index in [9.17, 15) is 4.79 Å². The van der Waals surface area contributed by atoms with Crippen molar-refractivity contribution in [3.05, 3.63) is 53.7 Å². The molecule has 1 saturated carbocycles. The van der Waals surface area contributed by atoms with Crippen molar-refractivity contribution in [2.45, 2.75) is 38.1 Å². The Labute approximate surface area is 148 Å². The van der Waals surface area contributed by atoms with Crippen molar-refractivity contribution in [3.63, 3.8) is 0 Å². The van der Waals surface area contributed by atoms with Crippen molar-refractivity contribution in [2.24, 2.45) is 0 Å². The van der Waals surface area contributed by atoms with Crippen LogP contribution in [0, 0.1) is 0 Å². The highest BCUT2D eigenvalue weighted by molar-refractivity contribution is 5.94. The third-order valence-corrected chi connectivity index (χ3v) is 4.61. The van der Waals surface area contributed by atoms with Crippen molar-refractivity contribution in [3.8, 4) is 5.75 Å². The molecule has 1 heterocycles. The zero-order valence-corrected chi connectivity index (χ0v) is 14.6. The van der Waals surface area contributed by atoms with Gasteiger partial charge in [-0.1, -0.05) is 31.0 Å². The quantitative estimate of drug-likeness (QED) is 0.811. The summed E-state index contributed by atoms with van der Waals surface area (Å²) in [7, 11) is 1.68. The number of ether oxygens (including phenoxy) is 1. The van der Waals surface area contributed by atoms with Gasteiger partial charge < -0.3 is 15.4 Å². The fourth-order valence-electron chi connectivity index (χ4n) is 3.21. The number of amides is 1. The number of hydrogen-bond acceptors (Lipinski definition) is 4. The minimum Gasteiger partial charge on any atom is -0.496 e. The smallest absolute Gasteiger partial charge is 0.253 e. The second kappa shape index (κ2) is 8.51. The van der Waals surface area contributed by atoms with E-state index in [1.807, 2.05) is 30.3 Å². The number of anilines is 1. The lowest BCUT2D eigenvalue weighted by molar-refractivity contribution is 0.0937. The molecule has 1 fully saturated rings. The summed E-state index contributed by atoms with van der Waals surface area (Å²) >= 11 is 0. The van der Waals surface area contributed by atoms with Gasteiger partial charge in [0.1, 0.15) is 11.6 Å². The van der Waals surface area contributed by atoms with E-state index in [-0.39, 0.29) is 5.91 Å². The minimum atomic E-state index is -0.0278. The molecule has 0 aliphatic heterocycles. The highest BCUT2D eigenvalue weighted by Crippen LogP contribution is 2.19. The van der Waals surface area contributed by atoms with Gasteiger partial charge in [-0.25, -0.2) is 4.98 Å². The van der Waals surface area contributed by atoms with Gasteiger partial charge in [0.05, 0.1) is 12.7 Å².